The highest BCUT2D eigenvalue weighted by molar-refractivity contribution is 7.92. The Morgan fingerprint density at radius 2 is 1.72 bits per heavy atom. The highest BCUT2D eigenvalue weighted by atomic mass is 32.2. The fourth-order valence-electron chi connectivity index (χ4n) is 2.45. The Bertz CT molecular complexity index is 1010. The zero-order valence-electron chi connectivity index (χ0n) is 16.0. The summed E-state index contributed by atoms with van der Waals surface area (Å²) < 4.78 is 66.1. The molecule has 0 atom stereocenters. The van der Waals surface area contributed by atoms with E-state index in [-0.39, 0.29) is 6.54 Å². The molecule has 0 aromatic heterocycles. The molecule has 0 aliphatic heterocycles. The molecule has 0 saturated heterocycles. The molecule has 2 aromatic rings. The second-order valence-corrected chi connectivity index (χ2v) is 8.18. The number of halogens is 3. The van der Waals surface area contributed by atoms with Crippen LogP contribution in [0.25, 0.3) is 6.08 Å². The number of hydrogen-bond acceptors (Lipinski definition) is 3. The molecule has 2 aromatic carbocycles. The average molecular weight is 426 g/mol. The number of benzene rings is 2. The minimum absolute atomic E-state index is 0.0499. The molecule has 1 N–H and O–H groups in total. The van der Waals surface area contributed by atoms with E-state index in [9.17, 15) is 26.4 Å². The first-order valence-corrected chi connectivity index (χ1v) is 10.3. The van der Waals surface area contributed by atoms with E-state index in [1.54, 1.807) is 19.1 Å². The van der Waals surface area contributed by atoms with Crippen molar-refractivity contribution >= 4 is 27.7 Å². The maximum Gasteiger partial charge on any atom is 0.239 e. The number of rotatable bonds is 8. The number of nitrogens with one attached hydrogen (secondary N) is 1. The van der Waals surface area contributed by atoms with Crippen molar-refractivity contribution in [2.45, 2.75) is 20.3 Å². The third kappa shape index (κ3) is 6.16. The molecule has 0 spiro atoms. The van der Waals surface area contributed by atoms with Crippen molar-refractivity contribution in [1.29, 1.82) is 0 Å². The van der Waals surface area contributed by atoms with Crippen molar-refractivity contribution in [3.05, 3.63) is 70.4 Å². The van der Waals surface area contributed by atoms with Gasteiger partial charge in [0, 0.05) is 12.0 Å². The van der Waals surface area contributed by atoms with Gasteiger partial charge in [0.1, 0.15) is 0 Å². The molecule has 9 heteroatoms. The second-order valence-electron chi connectivity index (χ2n) is 6.36. The fourth-order valence-corrected chi connectivity index (χ4v) is 3.68. The standard InChI is InChI=1S/C20H21F3N2O3S/c1-3-11-25(29(27,28)12-10-15-6-4-14(2)5-7-15)13-18(26)24-17-9-8-16(21)19(22)20(17)23/h4-10,12H,3,11,13H2,1-2H3,(H,24,26)/b12-10+. The summed E-state index contributed by atoms with van der Waals surface area (Å²) in [5, 5.41) is 3.05. The van der Waals surface area contributed by atoms with Gasteiger partial charge in [0.2, 0.25) is 15.9 Å². The first-order valence-electron chi connectivity index (χ1n) is 8.82. The van der Waals surface area contributed by atoms with E-state index in [0.29, 0.717) is 18.1 Å². The van der Waals surface area contributed by atoms with Crippen LogP contribution < -0.4 is 5.32 Å². The summed E-state index contributed by atoms with van der Waals surface area (Å²) >= 11 is 0. The van der Waals surface area contributed by atoms with Crippen LogP contribution in [0.15, 0.2) is 41.8 Å². The van der Waals surface area contributed by atoms with Crippen LogP contribution in [0.1, 0.15) is 24.5 Å². The topological polar surface area (TPSA) is 66.5 Å². The number of anilines is 1. The lowest BCUT2D eigenvalue weighted by molar-refractivity contribution is -0.116. The predicted octanol–water partition coefficient (Wildman–Crippen LogP) is 4.06. The summed E-state index contributed by atoms with van der Waals surface area (Å²) in [5.74, 6) is -5.54. The van der Waals surface area contributed by atoms with Gasteiger partial charge in [0.25, 0.3) is 0 Å². The van der Waals surface area contributed by atoms with Gasteiger partial charge in [-0.3, -0.25) is 4.79 Å². The van der Waals surface area contributed by atoms with Crippen LogP contribution in [0.4, 0.5) is 18.9 Å². The molecule has 0 bridgehead atoms. The minimum atomic E-state index is -3.94. The van der Waals surface area contributed by atoms with Crippen LogP contribution in [0.5, 0.6) is 0 Å². The first kappa shape index (κ1) is 22.6. The molecule has 29 heavy (non-hydrogen) atoms. The van der Waals surface area contributed by atoms with Crippen molar-refractivity contribution in [1.82, 2.24) is 4.31 Å². The van der Waals surface area contributed by atoms with E-state index >= 15 is 0 Å². The van der Waals surface area contributed by atoms with E-state index in [4.69, 9.17) is 0 Å². The highest BCUT2D eigenvalue weighted by Gasteiger charge is 2.23. The van der Waals surface area contributed by atoms with Gasteiger partial charge < -0.3 is 5.32 Å². The van der Waals surface area contributed by atoms with E-state index in [0.717, 1.165) is 21.3 Å². The van der Waals surface area contributed by atoms with Crippen LogP contribution in [-0.4, -0.2) is 31.7 Å². The lowest BCUT2D eigenvalue weighted by atomic mass is 10.2. The van der Waals surface area contributed by atoms with Crippen LogP contribution >= 0.6 is 0 Å². The van der Waals surface area contributed by atoms with Gasteiger partial charge in [-0.15, -0.1) is 0 Å². The van der Waals surface area contributed by atoms with E-state index < -0.39 is 45.6 Å². The van der Waals surface area contributed by atoms with Crippen molar-refractivity contribution in [3.8, 4) is 0 Å². The third-order valence-corrected chi connectivity index (χ3v) is 5.48. The van der Waals surface area contributed by atoms with Crippen molar-refractivity contribution in [2.24, 2.45) is 0 Å². The molecule has 0 saturated carbocycles. The number of hydrogen-bond donors (Lipinski definition) is 1. The summed E-state index contributed by atoms with van der Waals surface area (Å²) in [6.45, 7) is 3.09. The van der Waals surface area contributed by atoms with Crippen molar-refractivity contribution in [3.63, 3.8) is 0 Å². The normalized spacial score (nSPS) is 11.9. The molecule has 0 unspecified atom stereocenters. The molecule has 1 amide bonds. The average Bonchev–Trinajstić information content (AvgIpc) is 2.68. The molecule has 0 radical (unpaired) electrons. The van der Waals surface area contributed by atoms with Gasteiger partial charge in [0.05, 0.1) is 12.2 Å². The largest absolute Gasteiger partial charge is 0.322 e. The van der Waals surface area contributed by atoms with Gasteiger partial charge >= 0.3 is 0 Å². The van der Waals surface area contributed by atoms with Crippen LogP contribution in [0.3, 0.4) is 0 Å². The third-order valence-electron chi connectivity index (χ3n) is 3.97. The quantitative estimate of drug-likeness (QED) is 0.648. The Morgan fingerprint density at radius 1 is 1.07 bits per heavy atom. The Hall–Kier alpha value is -2.65. The molecular weight excluding hydrogens is 405 g/mol. The smallest absolute Gasteiger partial charge is 0.239 e. The Morgan fingerprint density at radius 3 is 2.34 bits per heavy atom. The number of aryl methyl sites for hydroxylation is 1. The van der Waals surface area contributed by atoms with Gasteiger partial charge in [-0.05, 0) is 37.1 Å². The molecule has 0 aliphatic rings. The fraction of sp³-hybridized carbons (Fsp3) is 0.250. The summed E-state index contributed by atoms with van der Waals surface area (Å²) in [6.07, 6.45) is 1.84. The summed E-state index contributed by atoms with van der Waals surface area (Å²) in [6, 6.07) is 8.70. The van der Waals surface area contributed by atoms with Gasteiger partial charge in [-0.25, -0.2) is 21.6 Å². The summed E-state index contributed by atoms with van der Waals surface area (Å²) in [5.41, 5.74) is 1.13. The van der Waals surface area contributed by atoms with Crippen LogP contribution in [0, 0.1) is 24.4 Å². The molecule has 0 heterocycles. The van der Waals surface area contributed by atoms with Gasteiger partial charge in [0.15, 0.2) is 17.5 Å². The van der Waals surface area contributed by atoms with Crippen LogP contribution in [-0.2, 0) is 14.8 Å². The number of nitrogens with zero attached hydrogens (tertiary/aromatic N) is 1. The van der Waals surface area contributed by atoms with Gasteiger partial charge in [-0.1, -0.05) is 36.8 Å². The Kier molecular flexibility index (Phi) is 7.58. The maximum absolute atomic E-state index is 13.7. The maximum atomic E-state index is 13.7. The van der Waals surface area contributed by atoms with Crippen LogP contribution in [0.2, 0.25) is 0 Å². The minimum Gasteiger partial charge on any atom is -0.322 e. The number of amides is 1. The molecular formula is C20H21F3N2O3S. The van der Waals surface area contributed by atoms with E-state index in [1.807, 2.05) is 19.1 Å². The molecule has 5 nitrogen and oxygen atoms in total. The Balaban J connectivity index is 2.14. The lowest BCUT2D eigenvalue weighted by Crippen LogP contribution is -2.37. The monoisotopic (exact) mass is 426 g/mol. The first-order chi connectivity index (χ1) is 13.6. The number of sulfonamides is 1. The van der Waals surface area contributed by atoms with E-state index in [2.05, 4.69) is 5.32 Å². The molecule has 156 valence electrons. The number of carbonyl (C=O) groups excluding carboxylic acids is 1. The summed E-state index contributed by atoms with van der Waals surface area (Å²) in [7, 11) is -3.94. The molecule has 0 aliphatic carbocycles. The SMILES string of the molecule is CCCN(CC(=O)Nc1ccc(F)c(F)c1F)S(=O)(=O)/C=C/c1ccc(C)cc1. The van der Waals surface area contributed by atoms with Crippen molar-refractivity contribution < 1.29 is 26.4 Å². The number of carbonyl (C=O) groups is 1. The van der Waals surface area contributed by atoms with Gasteiger partial charge in [-0.2, -0.15) is 4.31 Å². The Labute approximate surface area is 167 Å². The molecule has 2 rings (SSSR count). The van der Waals surface area contributed by atoms with Crippen molar-refractivity contribution in [2.75, 3.05) is 18.4 Å². The molecule has 0 fully saturated rings. The summed E-state index contributed by atoms with van der Waals surface area (Å²) in [4.78, 5) is 12.2. The second kappa shape index (κ2) is 9.71. The zero-order valence-corrected chi connectivity index (χ0v) is 16.8. The zero-order chi connectivity index (χ0) is 21.6. The van der Waals surface area contributed by atoms with E-state index in [1.165, 1.54) is 6.08 Å². The lowest BCUT2D eigenvalue weighted by Gasteiger charge is -2.19. The highest BCUT2D eigenvalue weighted by Crippen LogP contribution is 2.20. The predicted molar refractivity (Wildman–Crippen MR) is 106 cm³/mol.